The third-order valence-corrected chi connectivity index (χ3v) is 2.99. The Morgan fingerprint density at radius 1 is 1.72 bits per heavy atom. The molecule has 0 N–H and O–H groups in total. The van der Waals surface area contributed by atoms with Gasteiger partial charge in [0.2, 0.25) is 0 Å². The van der Waals surface area contributed by atoms with Crippen molar-refractivity contribution >= 4 is 11.8 Å². The first kappa shape index (κ1) is 12.4. The zero-order valence-electron chi connectivity index (χ0n) is 10.3. The predicted molar refractivity (Wildman–Crippen MR) is 66.0 cm³/mol. The van der Waals surface area contributed by atoms with Gasteiger partial charge in [0.1, 0.15) is 17.9 Å². The van der Waals surface area contributed by atoms with Crippen LogP contribution < -0.4 is 4.90 Å². The van der Waals surface area contributed by atoms with Crippen LogP contribution in [0.5, 0.6) is 0 Å². The van der Waals surface area contributed by atoms with E-state index in [2.05, 4.69) is 11.1 Å². The number of pyridine rings is 1. The van der Waals surface area contributed by atoms with Crippen molar-refractivity contribution in [1.82, 2.24) is 4.98 Å². The van der Waals surface area contributed by atoms with Gasteiger partial charge in [0.05, 0.1) is 12.2 Å². The Balaban J connectivity index is 2.26. The van der Waals surface area contributed by atoms with Crippen LogP contribution in [0.2, 0.25) is 0 Å². The Bertz CT molecular complexity index is 481. The lowest BCUT2D eigenvalue weighted by atomic mass is 10.2. The standard InChI is InChI=1S/C13H15N3O2/c1-2-18-13(17)11-6-4-8-16(11)12-10(9-14)5-3-7-15-12/h3,5,7,11H,2,4,6,8H2,1H3. The van der Waals surface area contributed by atoms with Crippen molar-refractivity contribution in [2.75, 3.05) is 18.1 Å². The molecule has 0 radical (unpaired) electrons. The molecule has 5 heteroatoms. The topological polar surface area (TPSA) is 66.2 Å². The van der Waals surface area contributed by atoms with Crippen LogP contribution in [0.25, 0.3) is 0 Å². The number of carbonyl (C=O) groups excluding carboxylic acids is 1. The molecule has 1 fully saturated rings. The van der Waals surface area contributed by atoms with Crippen LogP contribution in [0.3, 0.4) is 0 Å². The maximum atomic E-state index is 11.9. The molecule has 1 unspecified atom stereocenters. The number of nitriles is 1. The summed E-state index contributed by atoms with van der Waals surface area (Å²) in [5, 5.41) is 9.07. The molecule has 0 saturated carbocycles. The summed E-state index contributed by atoms with van der Waals surface area (Å²) in [5.74, 6) is 0.347. The van der Waals surface area contributed by atoms with Gasteiger partial charge in [-0.15, -0.1) is 0 Å². The summed E-state index contributed by atoms with van der Waals surface area (Å²) in [5.41, 5.74) is 0.494. The molecule has 1 aliphatic heterocycles. The fourth-order valence-electron chi connectivity index (χ4n) is 2.22. The molecular weight excluding hydrogens is 230 g/mol. The largest absolute Gasteiger partial charge is 0.464 e. The molecule has 94 valence electrons. The SMILES string of the molecule is CCOC(=O)C1CCCN1c1ncccc1C#N. The van der Waals surface area contributed by atoms with E-state index in [4.69, 9.17) is 10.00 Å². The van der Waals surface area contributed by atoms with E-state index in [1.807, 2.05) is 4.90 Å². The van der Waals surface area contributed by atoms with Gasteiger partial charge in [0, 0.05) is 12.7 Å². The average Bonchev–Trinajstić information content (AvgIpc) is 2.88. The van der Waals surface area contributed by atoms with E-state index in [0.717, 1.165) is 19.4 Å². The molecule has 0 amide bonds. The van der Waals surface area contributed by atoms with Crippen molar-refractivity contribution in [2.45, 2.75) is 25.8 Å². The van der Waals surface area contributed by atoms with Crippen molar-refractivity contribution in [1.29, 1.82) is 5.26 Å². The lowest BCUT2D eigenvalue weighted by Gasteiger charge is -2.24. The number of nitrogens with zero attached hydrogens (tertiary/aromatic N) is 3. The second kappa shape index (κ2) is 5.50. The Morgan fingerprint density at radius 2 is 2.56 bits per heavy atom. The van der Waals surface area contributed by atoms with E-state index in [-0.39, 0.29) is 12.0 Å². The predicted octanol–water partition coefficient (Wildman–Crippen LogP) is 1.49. The van der Waals surface area contributed by atoms with E-state index in [9.17, 15) is 4.79 Å². The Morgan fingerprint density at radius 3 is 3.28 bits per heavy atom. The van der Waals surface area contributed by atoms with Gasteiger partial charge in [0.25, 0.3) is 0 Å². The molecule has 1 aromatic heterocycles. The highest BCUT2D eigenvalue weighted by atomic mass is 16.5. The zero-order valence-corrected chi connectivity index (χ0v) is 10.3. The van der Waals surface area contributed by atoms with Crippen molar-refractivity contribution in [3.05, 3.63) is 23.9 Å². The zero-order chi connectivity index (χ0) is 13.0. The highest BCUT2D eigenvalue weighted by Gasteiger charge is 2.33. The van der Waals surface area contributed by atoms with Gasteiger partial charge in [0.15, 0.2) is 0 Å². The van der Waals surface area contributed by atoms with E-state index in [0.29, 0.717) is 18.0 Å². The molecular formula is C13H15N3O2. The number of ether oxygens (including phenoxy) is 1. The summed E-state index contributed by atoms with van der Waals surface area (Å²) in [6, 6.07) is 5.23. The van der Waals surface area contributed by atoms with Crippen molar-refractivity contribution < 1.29 is 9.53 Å². The summed E-state index contributed by atoms with van der Waals surface area (Å²) in [7, 11) is 0. The van der Waals surface area contributed by atoms with Crippen LogP contribution in [0, 0.1) is 11.3 Å². The number of aromatic nitrogens is 1. The molecule has 1 aromatic rings. The molecule has 2 heterocycles. The summed E-state index contributed by atoms with van der Waals surface area (Å²) in [6.07, 6.45) is 3.29. The molecule has 0 aromatic carbocycles. The smallest absolute Gasteiger partial charge is 0.328 e. The van der Waals surface area contributed by atoms with Gasteiger partial charge in [-0.25, -0.2) is 9.78 Å². The fraction of sp³-hybridized carbons (Fsp3) is 0.462. The molecule has 1 atom stereocenters. The van der Waals surface area contributed by atoms with Gasteiger partial charge >= 0.3 is 5.97 Å². The molecule has 18 heavy (non-hydrogen) atoms. The Kier molecular flexibility index (Phi) is 3.78. The van der Waals surface area contributed by atoms with Gasteiger partial charge in [-0.1, -0.05) is 0 Å². The summed E-state index contributed by atoms with van der Waals surface area (Å²) in [6.45, 7) is 2.89. The number of rotatable bonds is 3. The maximum absolute atomic E-state index is 11.9. The Hall–Kier alpha value is -2.09. The van der Waals surface area contributed by atoms with E-state index >= 15 is 0 Å². The maximum Gasteiger partial charge on any atom is 0.328 e. The van der Waals surface area contributed by atoms with Crippen LogP contribution in [0.4, 0.5) is 5.82 Å². The second-order valence-electron chi connectivity index (χ2n) is 4.09. The first-order chi connectivity index (χ1) is 8.77. The normalized spacial score (nSPS) is 18.4. The first-order valence-electron chi connectivity index (χ1n) is 6.06. The number of carbonyl (C=O) groups is 1. The summed E-state index contributed by atoms with van der Waals surface area (Å²) < 4.78 is 5.06. The first-order valence-corrected chi connectivity index (χ1v) is 6.06. The molecule has 0 bridgehead atoms. The van der Waals surface area contributed by atoms with Crippen LogP contribution >= 0.6 is 0 Å². The monoisotopic (exact) mass is 245 g/mol. The van der Waals surface area contributed by atoms with Crippen LogP contribution in [-0.4, -0.2) is 30.1 Å². The molecule has 1 saturated heterocycles. The van der Waals surface area contributed by atoms with Gasteiger partial charge in [-0.05, 0) is 31.9 Å². The molecule has 2 rings (SSSR count). The van der Waals surface area contributed by atoms with Gasteiger partial charge < -0.3 is 9.64 Å². The number of esters is 1. The van der Waals surface area contributed by atoms with Gasteiger partial charge in [-0.2, -0.15) is 5.26 Å². The third-order valence-electron chi connectivity index (χ3n) is 2.99. The van der Waals surface area contributed by atoms with Crippen molar-refractivity contribution in [2.24, 2.45) is 0 Å². The highest BCUT2D eigenvalue weighted by Crippen LogP contribution is 2.26. The highest BCUT2D eigenvalue weighted by molar-refractivity contribution is 5.81. The van der Waals surface area contributed by atoms with Crippen LogP contribution in [0.1, 0.15) is 25.3 Å². The minimum Gasteiger partial charge on any atom is -0.464 e. The fourth-order valence-corrected chi connectivity index (χ4v) is 2.22. The van der Waals surface area contributed by atoms with Crippen molar-refractivity contribution in [3.63, 3.8) is 0 Å². The summed E-state index contributed by atoms with van der Waals surface area (Å²) >= 11 is 0. The minimum absolute atomic E-state index is 0.232. The second-order valence-corrected chi connectivity index (χ2v) is 4.09. The van der Waals surface area contributed by atoms with Crippen molar-refractivity contribution in [3.8, 4) is 6.07 Å². The number of anilines is 1. The third kappa shape index (κ3) is 2.28. The quantitative estimate of drug-likeness (QED) is 0.755. The lowest BCUT2D eigenvalue weighted by Crippen LogP contribution is -2.38. The van der Waals surface area contributed by atoms with Crippen LogP contribution in [-0.2, 0) is 9.53 Å². The number of hydrogen-bond acceptors (Lipinski definition) is 5. The van der Waals surface area contributed by atoms with E-state index in [1.54, 1.807) is 25.3 Å². The Labute approximate surface area is 106 Å². The average molecular weight is 245 g/mol. The van der Waals surface area contributed by atoms with E-state index in [1.165, 1.54) is 0 Å². The molecule has 0 aliphatic carbocycles. The minimum atomic E-state index is -0.313. The number of hydrogen-bond donors (Lipinski definition) is 0. The summed E-state index contributed by atoms with van der Waals surface area (Å²) in [4.78, 5) is 17.9. The molecule has 0 spiro atoms. The molecule has 1 aliphatic rings. The van der Waals surface area contributed by atoms with Gasteiger partial charge in [-0.3, -0.25) is 0 Å². The lowest BCUT2D eigenvalue weighted by molar-refractivity contribution is -0.144. The molecule has 5 nitrogen and oxygen atoms in total. The van der Waals surface area contributed by atoms with E-state index < -0.39 is 0 Å². The van der Waals surface area contributed by atoms with Crippen LogP contribution in [0.15, 0.2) is 18.3 Å².